The molecule has 2 aliphatic heterocycles. The molecule has 2 heterocycles. The first-order valence-electron chi connectivity index (χ1n) is 8.76. The third-order valence-electron chi connectivity index (χ3n) is 6.92. The Morgan fingerprint density at radius 1 is 1.35 bits per heavy atom. The summed E-state index contributed by atoms with van der Waals surface area (Å²) in [6.07, 6.45) is 9.64. The Balaban J connectivity index is 1.87. The highest BCUT2D eigenvalue weighted by atomic mass is 16.6. The maximum Gasteiger partial charge on any atom is 0.192 e. The molecule has 5 atom stereocenters. The molecule has 2 aliphatic carbocycles. The van der Waals surface area contributed by atoms with Crippen molar-refractivity contribution in [1.29, 1.82) is 0 Å². The molecule has 4 aliphatic rings. The molecule has 0 aromatic carbocycles. The zero-order valence-electron chi connectivity index (χ0n) is 14.4. The van der Waals surface area contributed by atoms with E-state index >= 15 is 0 Å². The minimum Gasteiger partial charge on any atom is -0.362 e. The quantitative estimate of drug-likeness (QED) is 0.793. The summed E-state index contributed by atoms with van der Waals surface area (Å²) in [5.74, 6) is -0.583. The monoisotopic (exact) mass is 314 g/mol. The van der Waals surface area contributed by atoms with E-state index in [1.807, 2.05) is 0 Å². The van der Waals surface area contributed by atoms with Gasteiger partial charge in [-0.2, -0.15) is 0 Å². The van der Waals surface area contributed by atoms with Crippen LogP contribution in [0.4, 0.5) is 0 Å². The standard InChI is InChI=1S/C20H26O3/c1-12(2)14-5-6-18(3)7-8-19(4)15(17(14)18)9-16-13(11-21)10-20(19,22)23-16/h5-6,10-12,15-16,22H,7-9H2,1-4H3. The number of carbonyl (C=O) groups is 1. The second-order valence-corrected chi connectivity index (χ2v) is 8.55. The lowest BCUT2D eigenvalue weighted by Crippen LogP contribution is -2.58. The number of rotatable bonds is 2. The number of aldehydes is 1. The Morgan fingerprint density at radius 2 is 2.09 bits per heavy atom. The van der Waals surface area contributed by atoms with E-state index < -0.39 is 5.79 Å². The van der Waals surface area contributed by atoms with Gasteiger partial charge in [0.15, 0.2) is 5.79 Å². The fourth-order valence-electron chi connectivity index (χ4n) is 5.37. The van der Waals surface area contributed by atoms with E-state index in [0.717, 1.165) is 25.5 Å². The first-order chi connectivity index (χ1) is 10.7. The molecular weight excluding hydrogens is 288 g/mol. The predicted octanol–water partition coefficient (Wildman–Crippen LogP) is 3.55. The number of ether oxygens (including phenoxy) is 1. The summed E-state index contributed by atoms with van der Waals surface area (Å²) in [7, 11) is 0. The molecule has 124 valence electrons. The fourth-order valence-corrected chi connectivity index (χ4v) is 5.37. The van der Waals surface area contributed by atoms with E-state index in [1.54, 1.807) is 6.08 Å². The van der Waals surface area contributed by atoms with Crippen molar-refractivity contribution in [1.82, 2.24) is 0 Å². The minimum atomic E-state index is -1.31. The zero-order valence-corrected chi connectivity index (χ0v) is 14.4. The largest absolute Gasteiger partial charge is 0.362 e. The lowest BCUT2D eigenvalue weighted by molar-refractivity contribution is -0.287. The molecule has 2 fully saturated rings. The molecule has 0 spiro atoms. The Kier molecular flexibility index (Phi) is 2.97. The van der Waals surface area contributed by atoms with Crippen LogP contribution in [-0.4, -0.2) is 23.3 Å². The Morgan fingerprint density at radius 3 is 2.74 bits per heavy atom. The van der Waals surface area contributed by atoms with Gasteiger partial charge < -0.3 is 9.84 Å². The lowest BCUT2D eigenvalue weighted by Gasteiger charge is -2.57. The van der Waals surface area contributed by atoms with Gasteiger partial charge in [-0.15, -0.1) is 0 Å². The molecular formula is C20H26O3. The van der Waals surface area contributed by atoms with Crippen LogP contribution < -0.4 is 0 Å². The van der Waals surface area contributed by atoms with Gasteiger partial charge in [-0.1, -0.05) is 45.4 Å². The molecule has 3 nitrogen and oxygen atoms in total. The summed E-state index contributed by atoms with van der Waals surface area (Å²) in [5.41, 5.74) is 3.24. The topological polar surface area (TPSA) is 46.5 Å². The predicted molar refractivity (Wildman–Crippen MR) is 88.5 cm³/mol. The molecule has 0 aromatic heterocycles. The van der Waals surface area contributed by atoms with Crippen molar-refractivity contribution in [2.45, 2.75) is 58.8 Å². The average molecular weight is 314 g/mol. The number of carbonyl (C=O) groups excluding carboxylic acids is 1. The van der Waals surface area contributed by atoms with E-state index in [2.05, 4.69) is 39.8 Å². The summed E-state index contributed by atoms with van der Waals surface area (Å²) < 4.78 is 5.93. The van der Waals surface area contributed by atoms with Gasteiger partial charge in [-0.3, -0.25) is 4.79 Å². The lowest BCUT2D eigenvalue weighted by atomic mass is 9.52. The first kappa shape index (κ1) is 15.3. The number of fused-ring (bicyclic) bond motifs is 6. The summed E-state index contributed by atoms with van der Waals surface area (Å²) in [6, 6.07) is 0. The number of allylic oxidation sites excluding steroid dienone is 4. The molecule has 0 radical (unpaired) electrons. The highest BCUT2D eigenvalue weighted by Gasteiger charge is 2.64. The molecule has 0 amide bonds. The summed E-state index contributed by atoms with van der Waals surface area (Å²) in [5, 5.41) is 11.2. The third kappa shape index (κ3) is 1.75. The SMILES string of the molecule is CC(C)C1=C2C3CC4OC(O)(C=C4C=O)C3(C)CCC2(C)C=C1. The minimum absolute atomic E-state index is 0.0955. The van der Waals surface area contributed by atoms with Crippen LogP contribution in [0.3, 0.4) is 0 Å². The first-order valence-corrected chi connectivity index (χ1v) is 8.76. The molecule has 1 N–H and O–H groups in total. The maximum absolute atomic E-state index is 11.4. The van der Waals surface area contributed by atoms with E-state index in [1.165, 1.54) is 11.1 Å². The number of hydrogen-bond donors (Lipinski definition) is 1. The fraction of sp³-hybridized carbons (Fsp3) is 0.650. The van der Waals surface area contributed by atoms with Gasteiger partial charge in [0.2, 0.25) is 0 Å². The van der Waals surface area contributed by atoms with Crippen molar-refractivity contribution in [2.24, 2.45) is 22.7 Å². The molecule has 1 saturated heterocycles. The molecule has 3 heteroatoms. The van der Waals surface area contributed by atoms with Crippen molar-refractivity contribution in [3.63, 3.8) is 0 Å². The molecule has 0 aromatic rings. The van der Waals surface area contributed by atoms with E-state index in [-0.39, 0.29) is 22.9 Å². The molecule has 5 unspecified atom stereocenters. The van der Waals surface area contributed by atoms with Gasteiger partial charge in [0.05, 0.1) is 6.10 Å². The van der Waals surface area contributed by atoms with Crippen molar-refractivity contribution in [3.05, 3.63) is 34.9 Å². The van der Waals surface area contributed by atoms with Crippen LogP contribution in [0.5, 0.6) is 0 Å². The Labute approximate surface area is 138 Å². The van der Waals surface area contributed by atoms with Gasteiger partial charge in [-0.05, 0) is 42.7 Å². The second-order valence-electron chi connectivity index (χ2n) is 8.55. The second kappa shape index (κ2) is 4.46. The van der Waals surface area contributed by atoms with Gasteiger partial charge in [0.1, 0.15) is 6.29 Å². The van der Waals surface area contributed by atoms with Crippen molar-refractivity contribution in [2.75, 3.05) is 0 Å². The Bertz CT molecular complexity index is 670. The van der Waals surface area contributed by atoms with Crippen LogP contribution in [0.1, 0.15) is 47.0 Å². The van der Waals surface area contributed by atoms with Crippen LogP contribution in [0.25, 0.3) is 0 Å². The van der Waals surface area contributed by atoms with Crippen LogP contribution >= 0.6 is 0 Å². The smallest absolute Gasteiger partial charge is 0.192 e. The van der Waals surface area contributed by atoms with Crippen LogP contribution in [0, 0.1) is 22.7 Å². The van der Waals surface area contributed by atoms with Gasteiger partial charge in [-0.25, -0.2) is 0 Å². The molecule has 4 rings (SSSR count). The maximum atomic E-state index is 11.4. The molecule has 2 bridgehead atoms. The average Bonchev–Trinajstić information content (AvgIpc) is 2.98. The van der Waals surface area contributed by atoms with Crippen LogP contribution in [-0.2, 0) is 9.53 Å². The third-order valence-corrected chi connectivity index (χ3v) is 6.92. The van der Waals surface area contributed by atoms with E-state index in [9.17, 15) is 9.90 Å². The molecule has 23 heavy (non-hydrogen) atoms. The molecule has 1 saturated carbocycles. The summed E-state index contributed by atoms with van der Waals surface area (Å²) in [6.45, 7) is 8.94. The normalized spacial score (nSPS) is 47.7. The number of hydrogen-bond acceptors (Lipinski definition) is 3. The highest BCUT2D eigenvalue weighted by Crippen LogP contribution is 2.66. The van der Waals surface area contributed by atoms with Gasteiger partial charge in [0.25, 0.3) is 0 Å². The van der Waals surface area contributed by atoms with Crippen molar-refractivity contribution < 1.29 is 14.6 Å². The van der Waals surface area contributed by atoms with Gasteiger partial charge in [0, 0.05) is 16.4 Å². The Hall–Kier alpha value is -1.19. The number of aliphatic hydroxyl groups is 1. The van der Waals surface area contributed by atoms with Crippen LogP contribution in [0.15, 0.2) is 34.9 Å². The van der Waals surface area contributed by atoms with Crippen molar-refractivity contribution in [3.8, 4) is 0 Å². The summed E-state index contributed by atoms with van der Waals surface area (Å²) >= 11 is 0. The van der Waals surface area contributed by atoms with E-state index in [4.69, 9.17) is 4.74 Å². The zero-order chi connectivity index (χ0) is 16.6. The van der Waals surface area contributed by atoms with Crippen LogP contribution in [0.2, 0.25) is 0 Å². The highest BCUT2D eigenvalue weighted by molar-refractivity contribution is 5.76. The van der Waals surface area contributed by atoms with Gasteiger partial charge >= 0.3 is 0 Å². The summed E-state index contributed by atoms with van der Waals surface area (Å²) in [4.78, 5) is 11.4. The van der Waals surface area contributed by atoms with E-state index in [0.29, 0.717) is 11.5 Å². The van der Waals surface area contributed by atoms with Crippen molar-refractivity contribution >= 4 is 6.29 Å².